The Bertz CT molecular complexity index is 844. The molecule has 24 heavy (non-hydrogen) atoms. The van der Waals surface area contributed by atoms with E-state index in [2.05, 4.69) is 0 Å². The molecule has 1 fully saturated rings. The van der Waals surface area contributed by atoms with Gasteiger partial charge in [0.2, 0.25) is 0 Å². The maximum absolute atomic E-state index is 12.7. The zero-order chi connectivity index (χ0) is 17.3. The second-order valence-corrected chi connectivity index (χ2v) is 6.94. The Kier molecular flexibility index (Phi) is 4.99. The monoisotopic (exact) mass is 377 g/mol. The minimum atomic E-state index is -0.359. The first kappa shape index (κ1) is 17.1. The molecule has 3 nitrogen and oxygen atoms in total. The molecule has 2 amide bonds. The van der Waals surface area contributed by atoms with Gasteiger partial charge in [-0.15, -0.1) is 0 Å². The van der Waals surface area contributed by atoms with Crippen LogP contribution in [0.4, 0.5) is 10.5 Å². The molecule has 0 spiro atoms. The van der Waals surface area contributed by atoms with E-state index in [-0.39, 0.29) is 11.1 Å². The fraction of sp³-hybridized carbons (Fsp3) is 0.111. The van der Waals surface area contributed by atoms with Crippen LogP contribution >= 0.6 is 35.0 Å². The number of nitrogens with zero attached hydrogens (tertiary/aromatic N) is 1. The largest absolute Gasteiger partial charge is 0.298 e. The van der Waals surface area contributed by atoms with Crippen molar-refractivity contribution >= 4 is 57.9 Å². The van der Waals surface area contributed by atoms with Gasteiger partial charge in [-0.1, -0.05) is 54.4 Å². The molecular formula is C18H13Cl2NO2S. The molecule has 2 aromatic carbocycles. The fourth-order valence-corrected chi connectivity index (χ4v) is 3.81. The molecule has 1 aliphatic rings. The highest BCUT2D eigenvalue weighted by Crippen LogP contribution is 2.38. The van der Waals surface area contributed by atoms with E-state index in [0.29, 0.717) is 26.2 Å². The Labute approximate surface area is 154 Å². The molecular weight excluding hydrogens is 365 g/mol. The second kappa shape index (κ2) is 7.01. The lowest BCUT2D eigenvalue weighted by atomic mass is 10.1. The molecule has 0 aromatic heterocycles. The molecule has 1 saturated heterocycles. The second-order valence-electron chi connectivity index (χ2n) is 5.13. The predicted octanol–water partition coefficient (Wildman–Crippen LogP) is 5.80. The number of amides is 2. The van der Waals surface area contributed by atoms with E-state index in [9.17, 15) is 9.59 Å². The van der Waals surface area contributed by atoms with Crippen molar-refractivity contribution in [3.05, 3.63) is 68.5 Å². The van der Waals surface area contributed by atoms with E-state index in [4.69, 9.17) is 23.2 Å². The van der Waals surface area contributed by atoms with E-state index in [0.717, 1.165) is 23.7 Å². The van der Waals surface area contributed by atoms with Crippen LogP contribution in [-0.2, 0) is 11.2 Å². The third-order valence-corrected chi connectivity index (χ3v) is 5.21. The van der Waals surface area contributed by atoms with Crippen LogP contribution in [0.25, 0.3) is 6.08 Å². The number of rotatable bonds is 3. The van der Waals surface area contributed by atoms with Gasteiger partial charge in [-0.3, -0.25) is 9.59 Å². The lowest BCUT2D eigenvalue weighted by Gasteiger charge is -2.16. The van der Waals surface area contributed by atoms with Crippen LogP contribution in [0.1, 0.15) is 18.1 Å². The summed E-state index contributed by atoms with van der Waals surface area (Å²) < 4.78 is 0. The van der Waals surface area contributed by atoms with Crippen LogP contribution in [0.5, 0.6) is 0 Å². The van der Waals surface area contributed by atoms with Gasteiger partial charge in [-0.25, -0.2) is 4.90 Å². The van der Waals surface area contributed by atoms with E-state index in [1.807, 2.05) is 25.1 Å². The van der Waals surface area contributed by atoms with Crippen LogP contribution in [0.15, 0.2) is 47.4 Å². The first-order chi connectivity index (χ1) is 11.5. The Morgan fingerprint density at radius 3 is 2.38 bits per heavy atom. The van der Waals surface area contributed by atoms with E-state index in [1.54, 1.807) is 30.3 Å². The summed E-state index contributed by atoms with van der Waals surface area (Å²) in [4.78, 5) is 26.6. The zero-order valence-corrected chi connectivity index (χ0v) is 15.1. The number of para-hydroxylation sites is 1. The SMILES string of the molecule is CCc1ccccc1N1C(=O)S/C(=C\c2c(Cl)cccc2Cl)C1=O. The highest BCUT2D eigenvalue weighted by atomic mass is 35.5. The maximum Gasteiger partial charge on any atom is 0.298 e. The van der Waals surface area contributed by atoms with Crippen LogP contribution in [0.3, 0.4) is 0 Å². The van der Waals surface area contributed by atoms with Crippen LogP contribution < -0.4 is 4.90 Å². The standard InChI is InChI=1S/C18H13Cl2NO2S/c1-2-11-6-3-4-9-15(11)21-17(22)16(24-18(21)23)10-12-13(19)7-5-8-14(12)20/h3-10H,2H2,1H3/b16-10-. The van der Waals surface area contributed by atoms with Gasteiger partial charge in [0.05, 0.1) is 10.6 Å². The number of imide groups is 1. The normalized spacial score (nSPS) is 16.3. The van der Waals surface area contributed by atoms with Gasteiger partial charge in [0.15, 0.2) is 0 Å². The zero-order valence-electron chi connectivity index (χ0n) is 12.8. The van der Waals surface area contributed by atoms with Crippen molar-refractivity contribution in [3.63, 3.8) is 0 Å². The smallest absolute Gasteiger partial charge is 0.268 e. The topological polar surface area (TPSA) is 37.4 Å². The molecule has 2 aromatic rings. The molecule has 0 aliphatic carbocycles. The molecule has 0 radical (unpaired) electrons. The molecule has 122 valence electrons. The Hall–Kier alpha value is -1.75. The molecule has 0 unspecified atom stereocenters. The van der Waals surface area contributed by atoms with E-state index < -0.39 is 0 Å². The van der Waals surface area contributed by atoms with Crippen molar-refractivity contribution in [1.82, 2.24) is 0 Å². The Morgan fingerprint density at radius 2 is 1.71 bits per heavy atom. The highest BCUT2D eigenvalue weighted by molar-refractivity contribution is 8.19. The highest BCUT2D eigenvalue weighted by Gasteiger charge is 2.37. The van der Waals surface area contributed by atoms with Crippen molar-refractivity contribution < 1.29 is 9.59 Å². The summed E-state index contributed by atoms with van der Waals surface area (Å²) in [7, 11) is 0. The number of hydrogen-bond acceptors (Lipinski definition) is 3. The number of carbonyl (C=O) groups excluding carboxylic acids is 2. The van der Waals surface area contributed by atoms with Crippen molar-refractivity contribution in [3.8, 4) is 0 Å². The maximum atomic E-state index is 12.7. The van der Waals surface area contributed by atoms with Crippen molar-refractivity contribution in [2.75, 3.05) is 4.90 Å². The Morgan fingerprint density at radius 1 is 1.04 bits per heavy atom. The van der Waals surface area contributed by atoms with Gasteiger partial charge in [0, 0.05) is 15.6 Å². The number of anilines is 1. The summed E-state index contributed by atoms with van der Waals surface area (Å²) >= 11 is 13.2. The van der Waals surface area contributed by atoms with Crippen molar-refractivity contribution in [2.24, 2.45) is 0 Å². The van der Waals surface area contributed by atoms with Gasteiger partial charge in [0.25, 0.3) is 11.1 Å². The third-order valence-electron chi connectivity index (χ3n) is 3.68. The lowest BCUT2D eigenvalue weighted by molar-refractivity contribution is -0.113. The number of carbonyl (C=O) groups is 2. The van der Waals surface area contributed by atoms with Gasteiger partial charge in [-0.05, 0) is 48.0 Å². The first-order valence-electron chi connectivity index (χ1n) is 7.32. The summed E-state index contributed by atoms with van der Waals surface area (Å²) in [5, 5.41) is 0.543. The summed E-state index contributed by atoms with van der Waals surface area (Å²) in [6.45, 7) is 1.98. The quantitative estimate of drug-likeness (QED) is 0.634. The average Bonchev–Trinajstić information content (AvgIpc) is 2.85. The number of thioether (sulfide) groups is 1. The van der Waals surface area contributed by atoms with Gasteiger partial charge in [0.1, 0.15) is 0 Å². The molecule has 0 N–H and O–H groups in total. The predicted molar refractivity (Wildman–Crippen MR) is 101 cm³/mol. The average molecular weight is 378 g/mol. The van der Waals surface area contributed by atoms with Gasteiger partial charge < -0.3 is 0 Å². The minimum Gasteiger partial charge on any atom is -0.268 e. The van der Waals surface area contributed by atoms with Crippen LogP contribution in [-0.4, -0.2) is 11.1 Å². The Balaban J connectivity index is 2.02. The van der Waals surface area contributed by atoms with E-state index >= 15 is 0 Å². The van der Waals surface area contributed by atoms with E-state index in [1.165, 1.54) is 4.90 Å². The van der Waals surface area contributed by atoms with Gasteiger partial charge in [-0.2, -0.15) is 0 Å². The molecule has 1 aliphatic heterocycles. The third kappa shape index (κ3) is 3.09. The lowest BCUT2D eigenvalue weighted by Crippen LogP contribution is -2.28. The summed E-state index contributed by atoms with van der Waals surface area (Å²) in [5.41, 5.74) is 2.10. The number of halogens is 2. The van der Waals surface area contributed by atoms with Gasteiger partial charge >= 0.3 is 0 Å². The van der Waals surface area contributed by atoms with Crippen LogP contribution in [0.2, 0.25) is 10.0 Å². The molecule has 0 atom stereocenters. The summed E-state index contributed by atoms with van der Waals surface area (Å²) in [6, 6.07) is 12.5. The molecule has 3 rings (SSSR count). The molecule has 0 saturated carbocycles. The molecule has 6 heteroatoms. The number of hydrogen-bond donors (Lipinski definition) is 0. The first-order valence-corrected chi connectivity index (χ1v) is 8.90. The number of aryl methyl sites for hydroxylation is 1. The summed E-state index contributed by atoms with van der Waals surface area (Å²) in [5.74, 6) is -0.359. The van der Waals surface area contributed by atoms with Crippen molar-refractivity contribution in [2.45, 2.75) is 13.3 Å². The molecule has 1 heterocycles. The number of benzene rings is 2. The van der Waals surface area contributed by atoms with Crippen molar-refractivity contribution in [1.29, 1.82) is 0 Å². The molecule has 0 bridgehead atoms. The van der Waals surface area contributed by atoms with Crippen LogP contribution in [0, 0.1) is 0 Å². The minimum absolute atomic E-state index is 0.306. The fourth-order valence-electron chi connectivity index (χ4n) is 2.48. The summed E-state index contributed by atoms with van der Waals surface area (Å²) in [6.07, 6.45) is 2.30.